The highest BCUT2D eigenvalue weighted by molar-refractivity contribution is 5.15. The highest BCUT2D eigenvalue weighted by Gasteiger charge is 2.09. The molecule has 0 unspecified atom stereocenters. The van der Waals surface area contributed by atoms with Gasteiger partial charge < -0.3 is 4.57 Å². The van der Waals surface area contributed by atoms with Crippen LogP contribution in [0, 0.1) is 0 Å². The summed E-state index contributed by atoms with van der Waals surface area (Å²) in [5.41, 5.74) is 2.77. The standard InChI is InChI=1S/C45H80N2/c1-3-5-7-9-11-13-15-17-18-19-20-21-22-24-26-28-33-40-45-46-44(39-35-38-43-36-31-30-32-37-43)42-47(45)41-34-29-27-25-23-16-14-12-10-8-6-4-2/h30-32,36-37,42H,3-29,33-35,38-41H2,1-2H3. The Bertz CT molecular complexity index is 900. The van der Waals surface area contributed by atoms with E-state index in [0.29, 0.717) is 0 Å². The fourth-order valence-electron chi connectivity index (χ4n) is 7.28. The minimum atomic E-state index is 1.10. The second-order valence-corrected chi connectivity index (χ2v) is 15.0. The molecule has 0 spiro atoms. The van der Waals surface area contributed by atoms with Crippen LogP contribution in [0.2, 0.25) is 0 Å². The average molecular weight is 649 g/mol. The normalized spacial score (nSPS) is 11.5. The van der Waals surface area contributed by atoms with Crippen LogP contribution in [0.4, 0.5) is 0 Å². The highest BCUT2D eigenvalue weighted by Crippen LogP contribution is 2.17. The molecule has 0 bridgehead atoms. The Morgan fingerprint density at radius 1 is 0.404 bits per heavy atom. The molecule has 270 valence electrons. The van der Waals surface area contributed by atoms with E-state index in [9.17, 15) is 0 Å². The summed E-state index contributed by atoms with van der Waals surface area (Å²) < 4.78 is 2.54. The topological polar surface area (TPSA) is 17.8 Å². The lowest BCUT2D eigenvalue weighted by molar-refractivity contribution is 0.515. The summed E-state index contributed by atoms with van der Waals surface area (Å²) in [7, 11) is 0. The number of aryl methyl sites for hydroxylation is 4. The predicted molar refractivity (Wildman–Crippen MR) is 210 cm³/mol. The molecule has 0 amide bonds. The lowest BCUT2D eigenvalue weighted by Gasteiger charge is -2.08. The van der Waals surface area contributed by atoms with Crippen molar-refractivity contribution in [3.05, 3.63) is 53.6 Å². The zero-order chi connectivity index (χ0) is 33.3. The quantitative estimate of drug-likeness (QED) is 0.0680. The minimum absolute atomic E-state index is 1.10. The van der Waals surface area contributed by atoms with Gasteiger partial charge in [-0.2, -0.15) is 0 Å². The molecule has 0 aliphatic heterocycles. The third-order valence-corrected chi connectivity index (χ3v) is 10.4. The fraction of sp³-hybridized carbons (Fsp3) is 0.800. The molecule has 1 aromatic carbocycles. The summed E-state index contributed by atoms with van der Waals surface area (Å²) in [5.74, 6) is 1.36. The van der Waals surface area contributed by atoms with Crippen molar-refractivity contribution in [3.8, 4) is 0 Å². The summed E-state index contributed by atoms with van der Waals surface area (Å²) in [4.78, 5) is 5.19. The molecule has 0 aliphatic rings. The van der Waals surface area contributed by atoms with Crippen molar-refractivity contribution >= 4 is 0 Å². The van der Waals surface area contributed by atoms with Crippen LogP contribution in [0.1, 0.15) is 224 Å². The Kier molecular flexibility index (Phi) is 28.0. The fourth-order valence-corrected chi connectivity index (χ4v) is 7.28. The van der Waals surface area contributed by atoms with E-state index in [2.05, 4.69) is 54.9 Å². The van der Waals surface area contributed by atoms with Gasteiger partial charge in [0.25, 0.3) is 0 Å². The Hall–Kier alpha value is -1.57. The van der Waals surface area contributed by atoms with Gasteiger partial charge in [0.05, 0.1) is 5.69 Å². The maximum absolute atomic E-state index is 5.19. The first kappa shape index (κ1) is 41.6. The van der Waals surface area contributed by atoms with Crippen LogP contribution in [0.25, 0.3) is 0 Å². The smallest absolute Gasteiger partial charge is 0.108 e. The van der Waals surface area contributed by atoms with E-state index in [1.54, 1.807) is 0 Å². The predicted octanol–water partition coefficient (Wildman–Crippen LogP) is 15.0. The second kappa shape index (κ2) is 31.7. The molecule has 2 nitrogen and oxygen atoms in total. The third kappa shape index (κ3) is 24.3. The van der Waals surface area contributed by atoms with Gasteiger partial charge in [-0.15, -0.1) is 0 Å². The van der Waals surface area contributed by atoms with Gasteiger partial charge >= 0.3 is 0 Å². The van der Waals surface area contributed by atoms with Crippen molar-refractivity contribution in [3.63, 3.8) is 0 Å². The van der Waals surface area contributed by atoms with E-state index in [1.165, 1.54) is 210 Å². The summed E-state index contributed by atoms with van der Waals surface area (Å²) in [5, 5.41) is 0. The van der Waals surface area contributed by atoms with Crippen LogP contribution in [0.15, 0.2) is 36.5 Å². The van der Waals surface area contributed by atoms with Gasteiger partial charge in [-0.25, -0.2) is 4.98 Å². The number of hydrogen-bond donors (Lipinski definition) is 0. The maximum Gasteiger partial charge on any atom is 0.108 e. The molecule has 2 aromatic rings. The summed E-state index contributed by atoms with van der Waals surface area (Å²) >= 11 is 0. The van der Waals surface area contributed by atoms with Crippen molar-refractivity contribution in [2.45, 2.75) is 232 Å². The molecule has 2 heteroatoms. The molecule has 0 N–H and O–H groups in total. The zero-order valence-corrected chi connectivity index (χ0v) is 31.9. The van der Waals surface area contributed by atoms with Crippen molar-refractivity contribution in [2.24, 2.45) is 0 Å². The van der Waals surface area contributed by atoms with Gasteiger partial charge in [-0.1, -0.05) is 218 Å². The van der Waals surface area contributed by atoms with E-state index >= 15 is 0 Å². The molecule has 0 radical (unpaired) electrons. The maximum atomic E-state index is 5.19. The molecular weight excluding hydrogens is 569 g/mol. The summed E-state index contributed by atoms with van der Waals surface area (Å²) in [6, 6.07) is 11.0. The highest BCUT2D eigenvalue weighted by atomic mass is 15.1. The number of unbranched alkanes of at least 4 members (excludes halogenated alkanes) is 27. The molecule has 1 aromatic heterocycles. The Labute approximate surface area is 294 Å². The number of hydrogen-bond acceptors (Lipinski definition) is 1. The largest absolute Gasteiger partial charge is 0.335 e. The van der Waals surface area contributed by atoms with E-state index in [1.807, 2.05) is 0 Å². The lowest BCUT2D eigenvalue weighted by Crippen LogP contribution is -2.03. The Morgan fingerprint density at radius 3 is 1.26 bits per heavy atom. The first-order valence-electron chi connectivity index (χ1n) is 21.4. The number of aromatic nitrogens is 2. The molecule has 0 saturated heterocycles. The van der Waals surface area contributed by atoms with Gasteiger partial charge in [-0.05, 0) is 37.7 Å². The summed E-state index contributed by atoms with van der Waals surface area (Å²) in [6.07, 6.45) is 48.4. The van der Waals surface area contributed by atoms with Gasteiger partial charge in [0.2, 0.25) is 0 Å². The van der Waals surface area contributed by atoms with Gasteiger partial charge in [-0.3, -0.25) is 0 Å². The molecular formula is C45H80N2. The third-order valence-electron chi connectivity index (χ3n) is 10.4. The van der Waals surface area contributed by atoms with Crippen LogP contribution >= 0.6 is 0 Å². The molecule has 47 heavy (non-hydrogen) atoms. The van der Waals surface area contributed by atoms with Gasteiger partial charge in [0.15, 0.2) is 0 Å². The summed E-state index contributed by atoms with van der Waals surface area (Å²) in [6.45, 7) is 5.78. The molecule has 2 rings (SSSR count). The lowest BCUT2D eigenvalue weighted by atomic mass is 10.0. The van der Waals surface area contributed by atoms with Crippen LogP contribution in [-0.4, -0.2) is 9.55 Å². The van der Waals surface area contributed by atoms with Crippen molar-refractivity contribution in [2.75, 3.05) is 0 Å². The Balaban J connectivity index is 1.56. The van der Waals surface area contributed by atoms with Crippen molar-refractivity contribution in [1.82, 2.24) is 9.55 Å². The average Bonchev–Trinajstić information content (AvgIpc) is 3.48. The first-order valence-corrected chi connectivity index (χ1v) is 21.4. The van der Waals surface area contributed by atoms with E-state index in [4.69, 9.17) is 4.98 Å². The van der Waals surface area contributed by atoms with Crippen molar-refractivity contribution < 1.29 is 0 Å². The molecule has 0 atom stereocenters. The molecule has 0 aliphatic carbocycles. The van der Waals surface area contributed by atoms with E-state index < -0.39 is 0 Å². The monoisotopic (exact) mass is 649 g/mol. The number of nitrogens with zero attached hydrogens (tertiary/aromatic N) is 2. The minimum Gasteiger partial charge on any atom is -0.335 e. The van der Waals surface area contributed by atoms with Crippen molar-refractivity contribution in [1.29, 1.82) is 0 Å². The van der Waals surface area contributed by atoms with Crippen LogP contribution in [0.3, 0.4) is 0 Å². The van der Waals surface area contributed by atoms with Crippen LogP contribution in [-0.2, 0) is 25.8 Å². The van der Waals surface area contributed by atoms with E-state index in [0.717, 1.165) is 25.8 Å². The zero-order valence-electron chi connectivity index (χ0n) is 31.9. The molecule has 1 heterocycles. The molecule has 0 fully saturated rings. The van der Waals surface area contributed by atoms with Gasteiger partial charge in [0, 0.05) is 19.2 Å². The number of imidazole rings is 1. The van der Waals surface area contributed by atoms with Crippen LogP contribution < -0.4 is 0 Å². The van der Waals surface area contributed by atoms with Crippen LogP contribution in [0.5, 0.6) is 0 Å². The van der Waals surface area contributed by atoms with Gasteiger partial charge in [0.1, 0.15) is 5.82 Å². The first-order chi connectivity index (χ1) is 23.3. The van der Waals surface area contributed by atoms with E-state index in [-0.39, 0.29) is 0 Å². The second-order valence-electron chi connectivity index (χ2n) is 15.0. The number of rotatable bonds is 35. The Morgan fingerprint density at radius 2 is 0.809 bits per heavy atom. The number of benzene rings is 1. The molecule has 0 saturated carbocycles. The SMILES string of the molecule is CCCCCCCCCCCCCCCCCCCc1nc(CCCc2ccccc2)cn1CCCCCCCCCCCCCC.